The van der Waals surface area contributed by atoms with Crippen LogP contribution in [0.4, 0.5) is 0 Å². The van der Waals surface area contributed by atoms with Crippen molar-refractivity contribution in [1.82, 2.24) is 0 Å². The van der Waals surface area contributed by atoms with Gasteiger partial charge in [-0.2, -0.15) is 0 Å². The Balaban J connectivity index is 5.26. The average Bonchev–Trinajstić information content (AvgIpc) is 2.42. The topological polar surface area (TPSA) is 18.5 Å². The summed E-state index contributed by atoms with van der Waals surface area (Å²) in [5, 5.41) is 0. The van der Waals surface area contributed by atoms with E-state index in [1.54, 1.807) is 0 Å². The van der Waals surface area contributed by atoms with E-state index in [0.29, 0.717) is 0 Å². The van der Waals surface area contributed by atoms with Crippen LogP contribution in [0.25, 0.3) is 0 Å². The van der Waals surface area contributed by atoms with E-state index in [-0.39, 0.29) is 22.2 Å². The first-order valence-electron chi connectivity index (χ1n) is 9.18. The van der Waals surface area contributed by atoms with Gasteiger partial charge in [0.25, 0.3) is 0 Å². The van der Waals surface area contributed by atoms with Crippen molar-refractivity contribution >= 4 is 0 Å². The summed E-state index contributed by atoms with van der Waals surface area (Å²) >= 11 is 0. The van der Waals surface area contributed by atoms with E-state index in [4.69, 9.17) is 9.47 Å². The molecule has 0 heterocycles. The molecule has 22 heavy (non-hydrogen) atoms. The molecule has 0 aliphatic carbocycles. The van der Waals surface area contributed by atoms with Crippen LogP contribution in [-0.4, -0.2) is 23.9 Å². The van der Waals surface area contributed by atoms with Crippen molar-refractivity contribution in [1.29, 1.82) is 0 Å². The van der Waals surface area contributed by atoms with Gasteiger partial charge in [0.15, 0.2) is 0 Å². The highest BCUT2D eigenvalue weighted by Crippen LogP contribution is 2.44. The molecule has 0 amide bonds. The number of ether oxygens (including phenoxy) is 2. The van der Waals surface area contributed by atoms with Gasteiger partial charge in [-0.05, 0) is 64.7 Å². The lowest BCUT2D eigenvalue weighted by Gasteiger charge is -2.46. The minimum atomic E-state index is -0.101. The molecule has 0 radical (unpaired) electrons. The summed E-state index contributed by atoms with van der Waals surface area (Å²) < 4.78 is 12.4. The van der Waals surface area contributed by atoms with Crippen molar-refractivity contribution < 1.29 is 9.47 Å². The molecule has 134 valence electrons. The lowest BCUT2D eigenvalue weighted by molar-refractivity contribution is -0.159. The van der Waals surface area contributed by atoms with Gasteiger partial charge in [-0.25, -0.2) is 0 Å². The van der Waals surface area contributed by atoms with Crippen molar-refractivity contribution in [3.8, 4) is 0 Å². The molecule has 0 atom stereocenters. The zero-order valence-electron chi connectivity index (χ0n) is 17.1. The smallest absolute Gasteiger partial charge is 0.0689 e. The summed E-state index contributed by atoms with van der Waals surface area (Å²) in [6.45, 7) is 20.2. The lowest BCUT2D eigenvalue weighted by Crippen LogP contribution is -2.45. The van der Waals surface area contributed by atoms with Crippen LogP contribution in [0.1, 0.15) is 101 Å². The minimum absolute atomic E-state index is 0.00153. The fourth-order valence-corrected chi connectivity index (χ4v) is 4.00. The molecule has 0 bridgehead atoms. The van der Waals surface area contributed by atoms with Gasteiger partial charge in [-0.3, -0.25) is 0 Å². The van der Waals surface area contributed by atoms with E-state index >= 15 is 0 Å². The zero-order valence-corrected chi connectivity index (χ0v) is 17.1. The zero-order chi connectivity index (χ0) is 17.7. The summed E-state index contributed by atoms with van der Waals surface area (Å²) in [4.78, 5) is 0. The summed E-state index contributed by atoms with van der Waals surface area (Å²) in [6, 6.07) is 0. The Bertz CT molecular complexity index is 296. The second-order valence-electron chi connectivity index (χ2n) is 8.72. The summed E-state index contributed by atoms with van der Waals surface area (Å²) in [7, 11) is 1.86. The van der Waals surface area contributed by atoms with Crippen LogP contribution in [-0.2, 0) is 9.47 Å². The quantitative estimate of drug-likeness (QED) is 0.466. The lowest BCUT2D eigenvalue weighted by atomic mass is 9.70. The Morgan fingerprint density at radius 3 is 1.27 bits per heavy atom. The SMILES string of the molecule is CCC(CC)(CC(C)(C)CC(CC)(CC)OC(C)(C)C)OC. The van der Waals surface area contributed by atoms with Gasteiger partial charge in [0.2, 0.25) is 0 Å². The van der Waals surface area contributed by atoms with Crippen molar-refractivity contribution in [3.05, 3.63) is 0 Å². The number of methoxy groups -OCH3 is 1. The number of rotatable bonds is 10. The summed E-state index contributed by atoms with van der Waals surface area (Å²) in [6.07, 6.45) is 6.41. The van der Waals surface area contributed by atoms with E-state index in [1.165, 1.54) is 0 Å². The molecular weight excluding hydrogens is 272 g/mol. The van der Waals surface area contributed by atoms with Gasteiger partial charge in [-0.1, -0.05) is 41.5 Å². The Hall–Kier alpha value is -0.0800. The van der Waals surface area contributed by atoms with Gasteiger partial charge in [0.05, 0.1) is 16.8 Å². The normalized spacial score (nSPS) is 14.5. The third-order valence-corrected chi connectivity index (χ3v) is 5.13. The molecule has 0 fully saturated rings. The molecule has 2 heteroatoms. The molecule has 0 aliphatic rings. The first-order valence-corrected chi connectivity index (χ1v) is 9.18. The molecule has 0 saturated carbocycles. The number of hydrogen-bond acceptors (Lipinski definition) is 2. The van der Waals surface area contributed by atoms with Crippen LogP contribution < -0.4 is 0 Å². The molecule has 2 nitrogen and oxygen atoms in total. The van der Waals surface area contributed by atoms with Crippen LogP contribution in [0.3, 0.4) is 0 Å². The van der Waals surface area contributed by atoms with Crippen molar-refractivity contribution in [2.75, 3.05) is 7.11 Å². The largest absolute Gasteiger partial charge is 0.378 e. The predicted octanol–water partition coefficient (Wildman–Crippen LogP) is 6.37. The fraction of sp³-hybridized carbons (Fsp3) is 1.00. The van der Waals surface area contributed by atoms with Gasteiger partial charge in [-0.15, -0.1) is 0 Å². The maximum atomic E-state index is 6.53. The second-order valence-corrected chi connectivity index (χ2v) is 8.72. The molecule has 0 N–H and O–H groups in total. The Labute approximate surface area is 140 Å². The first-order chi connectivity index (χ1) is 9.92. The first kappa shape index (κ1) is 21.9. The highest BCUT2D eigenvalue weighted by molar-refractivity contribution is 4.92. The number of hydrogen-bond donors (Lipinski definition) is 0. The standard InChI is InChI=1S/C20H42O2/c1-11-19(12-2,21-10)15-18(8,9)16-20(13-3,14-4)22-17(5,6)7/h11-16H2,1-10H3. The summed E-state index contributed by atoms with van der Waals surface area (Å²) in [5.74, 6) is 0. The van der Waals surface area contributed by atoms with E-state index < -0.39 is 0 Å². The van der Waals surface area contributed by atoms with Gasteiger partial charge in [0, 0.05) is 7.11 Å². The van der Waals surface area contributed by atoms with E-state index in [9.17, 15) is 0 Å². The van der Waals surface area contributed by atoms with Gasteiger partial charge >= 0.3 is 0 Å². The molecule has 0 aromatic rings. The summed E-state index contributed by atoms with van der Waals surface area (Å²) in [5.41, 5.74) is 0.0520. The molecular formula is C20H42O2. The predicted molar refractivity (Wildman–Crippen MR) is 97.5 cm³/mol. The van der Waals surface area contributed by atoms with Crippen LogP contribution >= 0.6 is 0 Å². The van der Waals surface area contributed by atoms with Crippen LogP contribution in [0.5, 0.6) is 0 Å². The Morgan fingerprint density at radius 1 is 0.636 bits per heavy atom. The molecule has 0 unspecified atom stereocenters. The monoisotopic (exact) mass is 314 g/mol. The van der Waals surface area contributed by atoms with Crippen molar-refractivity contribution in [3.63, 3.8) is 0 Å². The van der Waals surface area contributed by atoms with Crippen molar-refractivity contribution in [2.45, 2.75) is 118 Å². The maximum absolute atomic E-state index is 6.53. The highest BCUT2D eigenvalue weighted by Gasteiger charge is 2.41. The van der Waals surface area contributed by atoms with E-state index in [0.717, 1.165) is 38.5 Å². The third-order valence-electron chi connectivity index (χ3n) is 5.13. The van der Waals surface area contributed by atoms with Gasteiger partial charge < -0.3 is 9.47 Å². The average molecular weight is 315 g/mol. The molecule has 0 aromatic heterocycles. The Morgan fingerprint density at radius 2 is 1.00 bits per heavy atom. The van der Waals surface area contributed by atoms with Crippen molar-refractivity contribution in [2.24, 2.45) is 5.41 Å². The molecule has 0 aliphatic heterocycles. The van der Waals surface area contributed by atoms with Crippen LogP contribution in [0.15, 0.2) is 0 Å². The molecule has 0 rings (SSSR count). The second kappa shape index (κ2) is 8.15. The molecule has 0 aromatic carbocycles. The van der Waals surface area contributed by atoms with E-state index in [2.05, 4.69) is 62.3 Å². The van der Waals surface area contributed by atoms with Gasteiger partial charge in [0.1, 0.15) is 0 Å². The Kier molecular flexibility index (Phi) is 8.12. The fourth-order valence-electron chi connectivity index (χ4n) is 4.00. The molecule has 0 saturated heterocycles. The minimum Gasteiger partial charge on any atom is -0.378 e. The van der Waals surface area contributed by atoms with E-state index in [1.807, 2.05) is 7.11 Å². The molecule has 0 spiro atoms. The van der Waals surface area contributed by atoms with Crippen LogP contribution in [0, 0.1) is 5.41 Å². The highest BCUT2D eigenvalue weighted by atomic mass is 16.5. The maximum Gasteiger partial charge on any atom is 0.0689 e. The van der Waals surface area contributed by atoms with Crippen LogP contribution in [0.2, 0.25) is 0 Å². The third kappa shape index (κ3) is 6.58.